The van der Waals surface area contributed by atoms with Crippen molar-refractivity contribution in [3.63, 3.8) is 0 Å². The predicted octanol–water partition coefficient (Wildman–Crippen LogP) is 5.20. The number of hydrogen-bond acceptors (Lipinski definition) is 4. The summed E-state index contributed by atoms with van der Waals surface area (Å²) < 4.78 is 5.51. The molecule has 0 radical (unpaired) electrons. The van der Waals surface area contributed by atoms with Gasteiger partial charge in [-0.2, -0.15) is 11.3 Å². The van der Waals surface area contributed by atoms with Gasteiger partial charge < -0.3 is 15.4 Å². The number of anilines is 1. The molecule has 1 aromatic carbocycles. The van der Waals surface area contributed by atoms with E-state index in [1.165, 1.54) is 11.1 Å². The molecule has 0 aliphatic heterocycles. The van der Waals surface area contributed by atoms with Crippen molar-refractivity contribution in [1.82, 2.24) is 5.32 Å². The van der Waals surface area contributed by atoms with Crippen molar-refractivity contribution in [2.24, 2.45) is 0 Å². The van der Waals surface area contributed by atoms with Crippen LogP contribution in [0.3, 0.4) is 0 Å². The van der Waals surface area contributed by atoms with Crippen LogP contribution in [-0.2, 0) is 6.54 Å². The average molecular weight is 358 g/mol. The van der Waals surface area contributed by atoms with Crippen molar-refractivity contribution >= 4 is 34.4 Å². The molecule has 0 aliphatic rings. The zero-order valence-corrected chi connectivity index (χ0v) is 14.9. The van der Waals surface area contributed by atoms with Gasteiger partial charge in [0.05, 0.1) is 18.8 Å². The Labute approximate surface area is 149 Å². The third-order valence-corrected chi connectivity index (χ3v) is 4.99. The highest BCUT2D eigenvalue weighted by Crippen LogP contribution is 2.27. The summed E-state index contributed by atoms with van der Waals surface area (Å²) in [6, 6.07) is 11.4. The van der Waals surface area contributed by atoms with E-state index >= 15 is 0 Å². The maximum Gasteiger partial charge on any atom is 0.319 e. The number of nitrogens with one attached hydrogen (secondary N) is 2. The Morgan fingerprint density at radius 2 is 2.04 bits per heavy atom. The second-order valence-corrected chi connectivity index (χ2v) is 6.83. The van der Waals surface area contributed by atoms with Crippen LogP contribution in [0.5, 0.6) is 5.75 Å². The fourth-order valence-electron chi connectivity index (χ4n) is 2.24. The standard InChI is InChI=1S/C18H18N2O2S2/c1-2-22-17-6-4-3-5-16(17)20-18(21)19-10-15-9-14(12-24-15)13-7-8-23-11-13/h3-9,11-12H,2,10H2,1H3,(H2,19,20,21). The van der Waals surface area contributed by atoms with Crippen molar-refractivity contribution in [2.45, 2.75) is 13.5 Å². The molecule has 24 heavy (non-hydrogen) atoms. The molecule has 0 saturated carbocycles. The van der Waals surface area contributed by atoms with Gasteiger partial charge in [0.2, 0.25) is 0 Å². The Balaban J connectivity index is 1.56. The molecule has 4 nitrogen and oxygen atoms in total. The molecule has 2 N–H and O–H groups in total. The number of para-hydroxylation sites is 2. The smallest absolute Gasteiger partial charge is 0.319 e. The van der Waals surface area contributed by atoms with Crippen LogP contribution in [0.2, 0.25) is 0 Å². The Bertz CT molecular complexity index is 797. The van der Waals surface area contributed by atoms with Crippen molar-refractivity contribution in [3.05, 3.63) is 57.4 Å². The summed E-state index contributed by atoms with van der Waals surface area (Å²) in [7, 11) is 0. The Kier molecular flexibility index (Phi) is 5.51. The van der Waals surface area contributed by atoms with Gasteiger partial charge >= 0.3 is 6.03 Å². The molecule has 3 rings (SSSR count). The summed E-state index contributed by atoms with van der Waals surface area (Å²) in [6.07, 6.45) is 0. The topological polar surface area (TPSA) is 50.4 Å². The molecular weight excluding hydrogens is 340 g/mol. The number of carbonyl (C=O) groups is 1. The van der Waals surface area contributed by atoms with Crippen LogP contribution in [-0.4, -0.2) is 12.6 Å². The van der Waals surface area contributed by atoms with E-state index in [0.29, 0.717) is 24.6 Å². The Morgan fingerprint density at radius 3 is 2.83 bits per heavy atom. The second kappa shape index (κ2) is 7.99. The number of thiophene rings is 2. The van der Waals surface area contributed by atoms with E-state index in [1.54, 1.807) is 22.7 Å². The summed E-state index contributed by atoms with van der Waals surface area (Å²) in [4.78, 5) is 13.2. The van der Waals surface area contributed by atoms with E-state index in [2.05, 4.69) is 38.9 Å². The van der Waals surface area contributed by atoms with Crippen LogP contribution >= 0.6 is 22.7 Å². The van der Waals surface area contributed by atoms with E-state index in [9.17, 15) is 4.79 Å². The van der Waals surface area contributed by atoms with Crippen molar-refractivity contribution < 1.29 is 9.53 Å². The number of benzene rings is 1. The maximum absolute atomic E-state index is 12.1. The van der Waals surface area contributed by atoms with Crippen LogP contribution in [0.15, 0.2) is 52.5 Å². The lowest BCUT2D eigenvalue weighted by molar-refractivity contribution is 0.251. The van der Waals surface area contributed by atoms with Gasteiger partial charge in [0.15, 0.2) is 0 Å². The quantitative estimate of drug-likeness (QED) is 0.636. The number of ether oxygens (including phenoxy) is 1. The van der Waals surface area contributed by atoms with Gasteiger partial charge in [0.25, 0.3) is 0 Å². The molecule has 0 aliphatic carbocycles. The van der Waals surface area contributed by atoms with Gasteiger partial charge in [-0.05, 0) is 58.5 Å². The second-order valence-electron chi connectivity index (χ2n) is 5.05. The molecule has 3 aromatic rings. The normalized spacial score (nSPS) is 10.4. The molecule has 0 saturated heterocycles. The lowest BCUT2D eigenvalue weighted by Crippen LogP contribution is -2.28. The van der Waals surface area contributed by atoms with E-state index in [0.717, 1.165) is 4.88 Å². The minimum atomic E-state index is -0.243. The first-order valence-electron chi connectivity index (χ1n) is 7.63. The Hall–Kier alpha value is -2.31. The average Bonchev–Trinajstić information content (AvgIpc) is 3.26. The van der Waals surface area contributed by atoms with Crippen LogP contribution in [0.1, 0.15) is 11.8 Å². The van der Waals surface area contributed by atoms with Crippen molar-refractivity contribution in [2.75, 3.05) is 11.9 Å². The molecule has 6 heteroatoms. The first-order chi connectivity index (χ1) is 11.8. The summed E-state index contributed by atoms with van der Waals surface area (Å²) >= 11 is 3.33. The molecule has 0 atom stereocenters. The minimum Gasteiger partial charge on any atom is -0.492 e. The first-order valence-corrected chi connectivity index (χ1v) is 9.45. The van der Waals surface area contributed by atoms with Gasteiger partial charge in [-0.25, -0.2) is 4.79 Å². The highest BCUT2D eigenvalue weighted by Gasteiger charge is 2.08. The van der Waals surface area contributed by atoms with Gasteiger partial charge in [-0.3, -0.25) is 0 Å². The molecule has 124 valence electrons. The van der Waals surface area contributed by atoms with Gasteiger partial charge in [-0.1, -0.05) is 12.1 Å². The molecule has 0 fully saturated rings. The van der Waals surface area contributed by atoms with Crippen LogP contribution in [0.4, 0.5) is 10.5 Å². The van der Waals surface area contributed by atoms with Gasteiger partial charge in [-0.15, -0.1) is 11.3 Å². The van der Waals surface area contributed by atoms with Crippen molar-refractivity contribution in [3.8, 4) is 16.9 Å². The molecule has 2 heterocycles. The zero-order valence-electron chi connectivity index (χ0n) is 13.2. The SMILES string of the molecule is CCOc1ccccc1NC(=O)NCc1cc(-c2ccsc2)cs1. The largest absolute Gasteiger partial charge is 0.492 e. The van der Waals surface area contributed by atoms with Crippen molar-refractivity contribution in [1.29, 1.82) is 0 Å². The van der Waals surface area contributed by atoms with Crippen LogP contribution in [0.25, 0.3) is 11.1 Å². The lowest BCUT2D eigenvalue weighted by atomic mass is 10.2. The Morgan fingerprint density at radius 1 is 1.17 bits per heavy atom. The number of urea groups is 1. The van der Waals surface area contributed by atoms with E-state index in [4.69, 9.17) is 4.74 Å². The number of rotatable bonds is 6. The fraction of sp³-hybridized carbons (Fsp3) is 0.167. The molecule has 2 amide bonds. The third kappa shape index (κ3) is 4.15. The van der Waals surface area contributed by atoms with E-state index in [-0.39, 0.29) is 6.03 Å². The molecule has 0 bridgehead atoms. The number of hydrogen-bond donors (Lipinski definition) is 2. The summed E-state index contributed by atoms with van der Waals surface area (Å²) in [5.41, 5.74) is 3.08. The zero-order chi connectivity index (χ0) is 16.8. The van der Waals surface area contributed by atoms with Gasteiger partial charge in [0.1, 0.15) is 5.75 Å². The minimum absolute atomic E-state index is 0.243. The maximum atomic E-state index is 12.1. The third-order valence-electron chi connectivity index (χ3n) is 3.37. The van der Waals surface area contributed by atoms with Gasteiger partial charge in [0, 0.05) is 4.88 Å². The molecule has 2 aromatic heterocycles. The highest BCUT2D eigenvalue weighted by atomic mass is 32.1. The number of carbonyl (C=O) groups excluding carboxylic acids is 1. The predicted molar refractivity (Wildman–Crippen MR) is 101 cm³/mol. The summed E-state index contributed by atoms with van der Waals surface area (Å²) in [5, 5.41) is 12.0. The van der Waals surface area contributed by atoms with Crippen LogP contribution < -0.4 is 15.4 Å². The lowest BCUT2D eigenvalue weighted by Gasteiger charge is -2.11. The molecule has 0 unspecified atom stereocenters. The monoisotopic (exact) mass is 358 g/mol. The highest BCUT2D eigenvalue weighted by molar-refractivity contribution is 7.10. The van der Waals surface area contributed by atoms with E-state index in [1.807, 2.05) is 31.2 Å². The summed E-state index contributed by atoms with van der Waals surface area (Å²) in [6.45, 7) is 2.97. The molecule has 0 spiro atoms. The molecular formula is C18H18N2O2S2. The van der Waals surface area contributed by atoms with Crippen LogP contribution in [0, 0.1) is 0 Å². The first kappa shape index (κ1) is 16.5. The number of amides is 2. The summed E-state index contributed by atoms with van der Waals surface area (Å²) in [5.74, 6) is 0.672. The fourth-order valence-corrected chi connectivity index (χ4v) is 3.74. The van der Waals surface area contributed by atoms with E-state index < -0.39 is 0 Å².